The first-order chi connectivity index (χ1) is 13.8. The molecule has 0 fully saturated rings. The number of anilines is 1. The van der Waals surface area contributed by atoms with Crippen LogP contribution in [-0.4, -0.2) is 5.91 Å². The minimum absolute atomic E-state index is 0.0721. The lowest BCUT2D eigenvalue weighted by Crippen LogP contribution is -2.33. The Bertz CT molecular complexity index is 1090. The molecular weight excluding hydrogens is 368 g/mol. The molecule has 4 heteroatoms. The smallest absolute Gasteiger partial charge is 0.235 e. The van der Waals surface area contributed by atoms with Gasteiger partial charge in [0, 0.05) is 17.3 Å². The summed E-state index contributed by atoms with van der Waals surface area (Å²) in [5.41, 5.74) is 4.14. The molecule has 2 nitrogen and oxygen atoms in total. The van der Waals surface area contributed by atoms with Crippen molar-refractivity contribution in [3.05, 3.63) is 89.0 Å². The molecule has 29 heavy (non-hydrogen) atoms. The Labute approximate surface area is 169 Å². The number of halogens is 2. The zero-order valence-electron chi connectivity index (χ0n) is 16.7. The molecule has 0 spiro atoms. The first-order valence-corrected chi connectivity index (χ1v) is 9.78. The van der Waals surface area contributed by atoms with Crippen LogP contribution in [0.4, 0.5) is 14.5 Å². The Morgan fingerprint density at radius 3 is 2.34 bits per heavy atom. The Hall–Kier alpha value is -3.01. The lowest BCUT2D eigenvalue weighted by Gasteiger charge is -2.23. The molecule has 3 aromatic carbocycles. The van der Waals surface area contributed by atoms with Gasteiger partial charge in [-0.3, -0.25) is 4.79 Å². The molecule has 1 atom stereocenters. The summed E-state index contributed by atoms with van der Waals surface area (Å²) in [7, 11) is 0. The predicted octanol–water partition coefficient (Wildman–Crippen LogP) is 6.21. The fourth-order valence-electron chi connectivity index (χ4n) is 4.01. The van der Waals surface area contributed by atoms with Crippen LogP contribution in [0.1, 0.15) is 43.4 Å². The van der Waals surface area contributed by atoms with Crippen LogP contribution in [0, 0.1) is 11.6 Å². The third-order valence-corrected chi connectivity index (χ3v) is 5.81. The van der Waals surface area contributed by atoms with Crippen molar-refractivity contribution >= 4 is 11.6 Å². The standard InChI is InChI=1S/C25H23F2NO/c1-15(2)17-6-4-16(5-7-17)14-25(3)21-11-8-18(12-23(21)28-24(25)29)20-10-9-19(26)13-22(20)27/h4-13,15H,14H2,1-3H3,(H,28,29). The highest BCUT2D eigenvalue weighted by atomic mass is 19.1. The summed E-state index contributed by atoms with van der Waals surface area (Å²) in [6, 6.07) is 17.3. The average molecular weight is 391 g/mol. The monoisotopic (exact) mass is 391 g/mol. The van der Waals surface area contributed by atoms with Crippen molar-refractivity contribution in [3.63, 3.8) is 0 Å². The molecule has 1 N–H and O–H groups in total. The van der Waals surface area contributed by atoms with E-state index < -0.39 is 17.0 Å². The van der Waals surface area contributed by atoms with Crippen LogP contribution in [0.15, 0.2) is 60.7 Å². The van der Waals surface area contributed by atoms with Gasteiger partial charge in [-0.25, -0.2) is 8.78 Å². The van der Waals surface area contributed by atoms with E-state index in [1.54, 1.807) is 12.1 Å². The minimum atomic E-state index is -0.700. The van der Waals surface area contributed by atoms with Gasteiger partial charge < -0.3 is 5.32 Å². The van der Waals surface area contributed by atoms with Crippen molar-refractivity contribution in [2.75, 3.05) is 5.32 Å². The van der Waals surface area contributed by atoms with E-state index in [1.165, 1.54) is 17.7 Å². The molecule has 0 aliphatic carbocycles. The minimum Gasteiger partial charge on any atom is -0.325 e. The van der Waals surface area contributed by atoms with E-state index in [9.17, 15) is 13.6 Å². The van der Waals surface area contributed by atoms with Crippen LogP contribution in [0.3, 0.4) is 0 Å². The highest BCUT2D eigenvalue weighted by Crippen LogP contribution is 2.42. The van der Waals surface area contributed by atoms with Gasteiger partial charge >= 0.3 is 0 Å². The summed E-state index contributed by atoms with van der Waals surface area (Å²) in [5, 5.41) is 2.94. The highest BCUT2D eigenvalue weighted by molar-refractivity contribution is 6.06. The number of carbonyl (C=O) groups excluding carboxylic acids is 1. The molecule has 0 bridgehead atoms. The normalized spacial score (nSPS) is 18.1. The Morgan fingerprint density at radius 1 is 0.966 bits per heavy atom. The number of benzene rings is 3. The molecule has 0 saturated carbocycles. The van der Waals surface area contributed by atoms with Gasteiger partial charge in [-0.15, -0.1) is 0 Å². The van der Waals surface area contributed by atoms with E-state index in [4.69, 9.17) is 0 Å². The Balaban J connectivity index is 1.67. The highest BCUT2D eigenvalue weighted by Gasteiger charge is 2.42. The van der Waals surface area contributed by atoms with Crippen molar-refractivity contribution in [1.82, 2.24) is 0 Å². The molecule has 3 aromatic rings. The molecule has 1 heterocycles. The maximum atomic E-state index is 14.2. The lowest BCUT2D eigenvalue weighted by atomic mass is 9.78. The molecule has 148 valence electrons. The van der Waals surface area contributed by atoms with Gasteiger partial charge in [-0.1, -0.05) is 50.2 Å². The quantitative estimate of drug-likeness (QED) is 0.563. The van der Waals surface area contributed by atoms with E-state index in [2.05, 4.69) is 43.4 Å². The Kier molecular flexibility index (Phi) is 4.73. The molecule has 4 rings (SSSR count). The molecule has 0 saturated heterocycles. The summed E-state index contributed by atoms with van der Waals surface area (Å²) in [6.07, 6.45) is 0.578. The zero-order chi connectivity index (χ0) is 20.8. The lowest BCUT2D eigenvalue weighted by molar-refractivity contribution is -0.120. The number of nitrogens with one attached hydrogen (secondary N) is 1. The van der Waals surface area contributed by atoms with Crippen LogP contribution >= 0.6 is 0 Å². The summed E-state index contributed by atoms with van der Waals surface area (Å²) in [6.45, 7) is 6.24. The van der Waals surface area contributed by atoms with Gasteiger partial charge in [-0.2, -0.15) is 0 Å². The molecule has 1 aliphatic rings. The van der Waals surface area contributed by atoms with Crippen molar-refractivity contribution in [1.29, 1.82) is 0 Å². The van der Waals surface area contributed by atoms with Crippen LogP contribution in [-0.2, 0) is 16.6 Å². The van der Waals surface area contributed by atoms with Gasteiger partial charge in [0.25, 0.3) is 0 Å². The van der Waals surface area contributed by atoms with Gasteiger partial charge in [0.2, 0.25) is 5.91 Å². The van der Waals surface area contributed by atoms with Crippen molar-refractivity contribution < 1.29 is 13.6 Å². The number of carbonyl (C=O) groups is 1. The average Bonchev–Trinajstić information content (AvgIpc) is 2.92. The van der Waals surface area contributed by atoms with E-state index in [-0.39, 0.29) is 5.91 Å². The number of hydrogen-bond acceptors (Lipinski definition) is 1. The first kappa shape index (κ1) is 19.3. The third-order valence-electron chi connectivity index (χ3n) is 5.81. The zero-order valence-corrected chi connectivity index (χ0v) is 16.7. The number of hydrogen-bond donors (Lipinski definition) is 1. The van der Waals surface area contributed by atoms with Crippen LogP contribution in [0.5, 0.6) is 0 Å². The van der Waals surface area contributed by atoms with Gasteiger partial charge in [0.1, 0.15) is 11.6 Å². The molecule has 0 radical (unpaired) electrons. The second-order valence-electron chi connectivity index (χ2n) is 8.24. The van der Waals surface area contributed by atoms with Crippen molar-refractivity contribution in [3.8, 4) is 11.1 Å². The molecule has 1 aliphatic heterocycles. The fourth-order valence-corrected chi connectivity index (χ4v) is 4.01. The molecular formula is C25H23F2NO. The fraction of sp³-hybridized carbons (Fsp3) is 0.240. The maximum absolute atomic E-state index is 14.2. The summed E-state index contributed by atoms with van der Waals surface area (Å²) < 4.78 is 27.4. The van der Waals surface area contributed by atoms with Crippen LogP contribution in [0.25, 0.3) is 11.1 Å². The van der Waals surface area contributed by atoms with Crippen LogP contribution < -0.4 is 5.32 Å². The maximum Gasteiger partial charge on any atom is 0.235 e. The van der Waals surface area contributed by atoms with Gasteiger partial charge in [-0.05, 0) is 59.7 Å². The number of rotatable bonds is 4. The predicted molar refractivity (Wildman–Crippen MR) is 112 cm³/mol. The third kappa shape index (κ3) is 3.44. The summed E-state index contributed by atoms with van der Waals surface area (Å²) >= 11 is 0. The Morgan fingerprint density at radius 2 is 1.69 bits per heavy atom. The largest absolute Gasteiger partial charge is 0.325 e. The SMILES string of the molecule is CC(C)c1ccc(CC2(C)C(=O)Nc3cc(-c4ccc(F)cc4F)ccc32)cc1. The summed E-state index contributed by atoms with van der Waals surface area (Å²) in [5.74, 6) is -0.850. The second-order valence-corrected chi connectivity index (χ2v) is 8.24. The molecule has 1 amide bonds. The van der Waals surface area contributed by atoms with Crippen molar-refractivity contribution in [2.45, 2.75) is 38.5 Å². The molecule has 1 unspecified atom stereocenters. The van der Waals surface area contributed by atoms with Gasteiger partial charge in [0.05, 0.1) is 5.41 Å². The van der Waals surface area contributed by atoms with E-state index >= 15 is 0 Å². The van der Waals surface area contributed by atoms with Gasteiger partial charge in [0.15, 0.2) is 0 Å². The first-order valence-electron chi connectivity index (χ1n) is 9.78. The number of amides is 1. The summed E-state index contributed by atoms with van der Waals surface area (Å²) in [4.78, 5) is 12.9. The topological polar surface area (TPSA) is 29.1 Å². The number of fused-ring (bicyclic) bond motifs is 1. The van der Waals surface area contributed by atoms with Crippen LogP contribution in [0.2, 0.25) is 0 Å². The van der Waals surface area contributed by atoms with E-state index in [1.807, 2.05) is 13.0 Å². The van der Waals surface area contributed by atoms with E-state index in [0.29, 0.717) is 29.2 Å². The van der Waals surface area contributed by atoms with Crippen molar-refractivity contribution in [2.24, 2.45) is 0 Å². The second kappa shape index (κ2) is 7.11. The molecule has 0 aromatic heterocycles. The van der Waals surface area contributed by atoms with E-state index in [0.717, 1.165) is 17.2 Å².